The van der Waals surface area contributed by atoms with Crippen molar-refractivity contribution in [2.24, 2.45) is 4.99 Å². The number of aliphatic hydroxyl groups is 2. The molecule has 10 nitrogen and oxygen atoms in total. The summed E-state index contributed by atoms with van der Waals surface area (Å²) < 4.78 is 24.0. The maximum Gasteiger partial charge on any atom is 0.494 e. The molecule has 0 bridgehead atoms. The van der Waals surface area contributed by atoms with Gasteiger partial charge in [-0.25, -0.2) is 4.79 Å². The zero-order valence-electron chi connectivity index (χ0n) is 32.6. The van der Waals surface area contributed by atoms with Gasteiger partial charge in [0.1, 0.15) is 5.78 Å². The second-order valence-electron chi connectivity index (χ2n) is 15.5. The van der Waals surface area contributed by atoms with E-state index in [9.17, 15) is 9.59 Å². The van der Waals surface area contributed by atoms with Gasteiger partial charge in [0.2, 0.25) is 6.08 Å². The molecule has 4 aromatic rings. The van der Waals surface area contributed by atoms with E-state index in [4.69, 9.17) is 34.6 Å². The molecule has 2 aliphatic heterocycles. The zero-order valence-corrected chi connectivity index (χ0v) is 32.6. The number of aliphatic hydroxyl groups excluding tert-OH is 2. The highest BCUT2D eigenvalue weighted by Crippen LogP contribution is 2.37. The van der Waals surface area contributed by atoms with Crippen LogP contribution in [0.5, 0.6) is 0 Å². The van der Waals surface area contributed by atoms with Gasteiger partial charge in [-0.3, -0.25) is 4.79 Å². The summed E-state index contributed by atoms with van der Waals surface area (Å²) in [7, 11) is -0.769. The first kappa shape index (κ1) is 42.4. The maximum absolute atomic E-state index is 12.3. The Morgan fingerprint density at radius 3 is 1.24 bits per heavy atom. The number of carbonyl (C=O) groups excluding carboxylic acids is 2. The number of carbonyl (C=O) groups is 1. The van der Waals surface area contributed by atoms with Gasteiger partial charge in [-0.2, -0.15) is 4.99 Å². The summed E-state index contributed by atoms with van der Waals surface area (Å²) in [5, 5.41) is 17.7. The number of aliphatic imine (C=N–C) groups is 1. The van der Waals surface area contributed by atoms with E-state index >= 15 is 0 Å². The Bertz CT molecular complexity index is 1840. The molecule has 0 unspecified atom stereocenters. The van der Waals surface area contributed by atoms with Crippen molar-refractivity contribution in [3.8, 4) is 0 Å². The molecule has 0 saturated carbocycles. The highest BCUT2D eigenvalue weighted by Gasteiger charge is 2.52. The quantitative estimate of drug-likeness (QED) is 0.0872. The summed E-state index contributed by atoms with van der Waals surface area (Å²) in [6.45, 7) is 16.3. The lowest BCUT2D eigenvalue weighted by Gasteiger charge is -2.32. The third kappa shape index (κ3) is 11.1. The molecule has 2 fully saturated rings. The summed E-state index contributed by atoms with van der Waals surface area (Å²) in [5.41, 5.74) is 10.8. The SMILES string of the molecule is CC1(C)OB(c2ccc(CC(=O)Cc3ccc(CO)cc3)cc2)OC1(C)C.CC1(C)OB(c2ccc(N=C=O)cc2)OC1(C)C.Nc1ccc(CO)cc1. The molecule has 2 heterocycles. The average molecular weight is 735 g/mol. The molecule has 0 aliphatic carbocycles. The van der Waals surface area contributed by atoms with E-state index in [2.05, 4.69) is 4.99 Å². The molecule has 2 aliphatic rings. The molecule has 0 aromatic heterocycles. The number of nitrogen functional groups attached to an aromatic ring is 1. The molecule has 6 rings (SSSR count). The highest BCUT2D eigenvalue weighted by molar-refractivity contribution is 6.62. The normalized spacial score (nSPS) is 17.4. The lowest BCUT2D eigenvalue weighted by molar-refractivity contribution is -0.117. The third-order valence-electron chi connectivity index (χ3n) is 10.3. The van der Waals surface area contributed by atoms with Crippen molar-refractivity contribution in [2.75, 3.05) is 5.73 Å². The van der Waals surface area contributed by atoms with E-state index in [0.29, 0.717) is 18.5 Å². The van der Waals surface area contributed by atoms with Crippen molar-refractivity contribution in [1.82, 2.24) is 0 Å². The molecule has 12 heteroatoms. The Balaban J connectivity index is 0.000000205. The zero-order chi connectivity index (χ0) is 39.7. The fourth-order valence-corrected chi connectivity index (χ4v) is 5.41. The number of hydrogen-bond acceptors (Lipinski definition) is 10. The topological polar surface area (TPSA) is 150 Å². The van der Waals surface area contributed by atoms with Crippen molar-refractivity contribution < 1.29 is 38.4 Å². The maximum atomic E-state index is 12.3. The van der Waals surface area contributed by atoms with Crippen LogP contribution in [-0.2, 0) is 54.3 Å². The van der Waals surface area contributed by atoms with Crippen LogP contribution in [0.2, 0.25) is 0 Å². The Hall–Kier alpha value is -4.38. The van der Waals surface area contributed by atoms with Crippen LogP contribution >= 0.6 is 0 Å². The Morgan fingerprint density at radius 1 is 0.574 bits per heavy atom. The molecule has 4 aromatic carbocycles. The number of ketones is 1. The van der Waals surface area contributed by atoms with Gasteiger partial charge in [-0.1, -0.05) is 72.8 Å². The Morgan fingerprint density at radius 2 is 0.889 bits per heavy atom. The number of rotatable bonds is 9. The first-order valence-corrected chi connectivity index (χ1v) is 18.0. The van der Waals surface area contributed by atoms with Gasteiger partial charge in [-0.15, -0.1) is 0 Å². The number of benzene rings is 4. The van der Waals surface area contributed by atoms with Crippen LogP contribution in [0.25, 0.3) is 0 Å². The van der Waals surface area contributed by atoms with Gasteiger partial charge in [0, 0.05) is 18.5 Å². The fraction of sp³-hybridized carbons (Fsp3) is 0.381. The van der Waals surface area contributed by atoms with E-state index in [1.165, 1.54) is 6.08 Å². The van der Waals surface area contributed by atoms with Gasteiger partial charge >= 0.3 is 14.2 Å². The van der Waals surface area contributed by atoms with E-state index < -0.39 is 0 Å². The summed E-state index contributed by atoms with van der Waals surface area (Å²) >= 11 is 0. The highest BCUT2D eigenvalue weighted by atomic mass is 16.7. The minimum Gasteiger partial charge on any atom is -0.399 e. The van der Waals surface area contributed by atoms with Crippen molar-refractivity contribution in [2.45, 2.75) is 104 Å². The van der Waals surface area contributed by atoms with Gasteiger partial charge in [0.25, 0.3) is 0 Å². The van der Waals surface area contributed by atoms with E-state index in [-0.39, 0.29) is 55.6 Å². The predicted molar refractivity (Wildman–Crippen MR) is 214 cm³/mol. The van der Waals surface area contributed by atoms with Crippen LogP contribution < -0.4 is 16.7 Å². The molecular weight excluding hydrogens is 682 g/mol. The minimum absolute atomic E-state index is 0.0172. The number of nitrogens with two attached hydrogens (primary N) is 1. The number of Topliss-reactive ketones (excluding diaryl/α,β-unsaturated/α-hetero) is 1. The molecule has 0 atom stereocenters. The molecule has 0 spiro atoms. The number of nitrogens with zero attached hydrogens (tertiary/aromatic N) is 1. The fourth-order valence-electron chi connectivity index (χ4n) is 5.41. The van der Waals surface area contributed by atoms with Gasteiger partial charge in [-0.05, 0) is 113 Å². The minimum atomic E-state index is -0.385. The summed E-state index contributed by atoms with van der Waals surface area (Å²) in [6.07, 6.45) is 2.30. The van der Waals surface area contributed by atoms with Gasteiger partial charge in [0.05, 0.1) is 41.3 Å². The van der Waals surface area contributed by atoms with Crippen molar-refractivity contribution in [3.63, 3.8) is 0 Å². The molecule has 0 amide bonds. The van der Waals surface area contributed by atoms with E-state index in [1.54, 1.807) is 36.4 Å². The molecule has 54 heavy (non-hydrogen) atoms. The summed E-state index contributed by atoms with van der Waals surface area (Å²) in [6, 6.07) is 29.7. The average Bonchev–Trinajstić information content (AvgIpc) is 3.49. The van der Waals surface area contributed by atoms with Crippen molar-refractivity contribution >= 4 is 48.4 Å². The van der Waals surface area contributed by atoms with Crippen molar-refractivity contribution in [3.05, 3.63) is 119 Å². The first-order chi connectivity index (χ1) is 25.4. The summed E-state index contributed by atoms with van der Waals surface area (Å²) in [5.74, 6) is 0.162. The smallest absolute Gasteiger partial charge is 0.399 e. The molecule has 0 radical (unpaired) electrons. The lowest BCUT2D eigenvalue weighted by atomic mass is 9.78. The van der Waals surface area contributed by atoms with E-state index in [0.717, 1.165) is 38.9 Å². The third-order valence-corrected chi connectivity index (χ3v) is 10.3. The molecule has 2 saturated heterocycles. The second kappa shape index (κ2) is 17.8. The summed E-state index contributed by atoms with van der Waals surface area (Å²) in [4.78, 5) is 26.0. The lowest BCUT2D eigenvalue weighted by Crippen LogP contribution is -2.41. The van der Waals surface area contributed by atoms with Gasteiger partial charge < -0.3 is 34.6 Å². The largest absolute Gasteiger partial charge is 0.494 e. The van der Waals surface area contributed by atoms with Crippen LogP contribution in [0.15, 0.2) is 102 Å². The Labute approximate surface area is 320 Å². The number of isocyanates is 1. The standard InChI is InChI=1S/C22H27BO4.C13H16BNO3.C7H9NO/c1-21(2)22(3,4)27-23(26-21)19-11-9-17(10-12-19)14-20(25)13-16-5-7-18(15-24)8-6-16;1-12(2)13(3,4)18-14(17-12)10-5-7-11(8-6-10)15-9-16;8-7-3-1-6(5-9)2-4-7/h5-12,24H,13-15H2,1-4H3;5-8H,1-4H3;1-4,9H,5,8H2. The molecule has 4 N–H and O–H groups in total. The number of hydrogen-bond donors (Lipinski definition) is 3. The van der Waals surface area contributed by atoms with E-state index in [1.807, 2.05) is 116 Å². The van der Waals surface area contributed by atoms with Crippen LogP contribution in [0.4, 0.5) is 11.4 Å². The predicted octanol–water partition coefficient (Wildman–Crippen LogP) is 5.55. The van der Waals surface area contributed by atoms with Gasteiger partial charge in [0.15, 0.2) is 0 Å². The molecular formula is C42H52B2N2O8. The van der Waals surface area contributed by atoms with Crippen LogP contribution in [0.1, 0.15) is 77.6 Å². The second-order valence-corrected chi connectivity index (χ2v) is 15.5. The van der Waals surface area contributed by atoms with Crippen LogP contribution in [-0.4, -0.2) is 58.7 Å². The van der Waals surface area contributed by atoms with Crippen LogP contribution in [0, 0.1) is 0 Å². The Kier molecular flexibility index (Phi) is 14.0. The molecule has 284 valence electrons. The van der Waals surface area contributed by atoms with Crippen LogP contribution in [0.3, 0.4) is 0 Å². The van der Waals surface area contributed by atoms with Crippen molar-refractivity contribution in [1.29, 1.82) is 0 Å². The monoisotopic (exact) mass is 734 g/mol. The number of anilines is 1. The first-order valence-electron chi connectivity index (χ1n) is 18.0.